The molecule has 0 radical (unpaired) electrons. The summed E-state index contributed by atoms with van der Waals surface area (Å²) in [5.74, 6) is 0. The van der Waals surface area contributed by atoms with E-state index in [9.17, 15) is 0 Å². The normalized spacial score (nSPS) is 10.4. The lowest BCUT2D eigenvalue weighted by molar-refractivity contribution is 0.142. The summed E-state index contributed by atoms with van der Waals surface area (Å²) >= 11 is 5.16. The molecule has 0 unspecified atom stereocenters. The van der Waals surface area contributed by atoms with Crippen LogP contribution in [0.3, 0.4) is 0 Å². The van der Waals surface area contributed by atoms with E-state index in [0.29, 0.717) is 0 Å². The van der Waals surface area contributed by atoms with Crippen LogP contribution in [0.25, 0.3) is 0 Å². The fraction of sp³-hybridized carbons (Fsp3) is 0.600. The Labute approximate surface area is 66.6 Å². The highest BCUT2D eigenvalue weighted by Crippen LogP contribution is 2.02. The maximum atomic E-state index is 5.16. The molecule has 0 spiro atoms. The molecule has 0 aromatic carbocycles. The van der Waals surface area contributed by atoms with Crippen LogP contribution < -0.4 is 0 Å². The lowest BCUT2D eigenvalue weighted by Crippen LogP contribution is -2.41. The minimum atomic E-state index is -2.71. The molecule has 3 nitrogen and oxygen atoms in total. The SMILES string of the molecule is CO[Si](C#CCl)(OC)OC. The van der Waals surface area contributed by atoms with Crippen molar-refractivity contribution in [1.29, 1.82) is 0 Å². The Bertz CT molecular complexity index is 138. The van der Waals surface area contributed by atoms with Crippen LogP contribution in [0.2, 0.25) is 0 Å². The molecule has 0 aromatic rings. The second kappa shape index (κ2) is 4.72. The molecule has 0 aliphatic rings. The maximum absolute atomic E-state index is 5.16. The molecule has 0 amide bonds. The number of halogens is 1. The van der Waals surface area contributed by atoms with Gasteiger partial charge in [0.15, 0.2) is 0 Å². The Morgan fingerprint density at radius 2 is 1.50 bits per heavy atom. The molecule has 0 N–H and O–H groups in total. The Hall–Kier alpha value is -0.0531. The van der Waals surface area contributed by atoms with E-state index in [-0.39, 0.29) is 0 Å². The van der Waals surface area contributed by atoms with Crippen molar-refractivity contribution >= 4 is 20.4 Å². The summed E-state index contributed by atoms with van der Waals surface area (Å²) < 4.78 is 14.7. The minimum absolute atomic E-state index is 1.47. The summed E-state index contributed by atoms with van der Waals surface area (Å²) in [6.45, 7) is 0. The van der Waals surface area contributed by atoms with Crippen LogP contribution in [-0.4, -0.2) is 30.1 Å². The summed E-state index contributed by atoms with van der Waals surface area (Å²) in [7, 11) is 1.71. The van der Waals surface area contributed by atoms with Crippen molar-refractivity contribution in [3.05, 3.63) is 0 Å². The van der Waals surface area contributed by atoms with Gasteiger partial charge in [-0.2, -0.15) is 0 Å². The summed E-state index contributed by atoms with van der Waals surface area (Å²) in [5, 5.41) is 2.17. The van der Waals surface area contributed by atoms with Crippen LogP contribution in [0.15, 0.2) is 0 Å². The zero-order chi connectivity index (χ0) is 8.04. The van der Waals surface area contributed by atoms with Crippen molar-refractivity contribution in [1.82, 2.24) is 0 Å². The Morgan fingerprint density at radius 1 is 1.10 bits per heavy atom. The van der Waals surface area contributed by atoms with Gasteiger partial charge in [-0.15, -0.1) is 0 Å². The van der Waals surface area contributed by atoms with Gasteiger partial charge in [-0.1, -0.05) is 0 Å². The molecular formula is C5H9ClO3Si. The highest BCUT2D eigenvalue weighted by molar-refractivity contribution is 6.70. The van der Waals surface area contributed by atoms with Crippen molar-refractivity contribution in [3.8, 4) is 10.9 Å². The quantitative estimate of drug-likeness (QED) is 0.471. The third-order valence-corrected chi connectivity index (χ3v) is 3.30. The number of rotatable bonds is 3. The minimum Gasteiger partial charge on any atom is -0.367 e. The predicted octanol–water partition coefficient (Wildman–Crippen LogP) is 0.603. The van der Waals surface area contributed by atoms with E-state index >= 15 is 0 Å². The van der Waals surface area contributed by atoms with E-state index < -0.39 is 8.80 Å². The molecule has 0 aliphatic carbocycles. The van der Waals surface area contributed by atoms with Gasteiger partial charge in [0.25, 0.3) is 0 Å². The summed E-state index contributed by atoms with van der Waals surface area (Å²) in [4.78, 5) is 0. The van der Waals surface area contributed by atoms with Gasteiger partial charge in [0, 0.05) is 26.7 Å². The van der Waals surface area contributed by atoms with E-state index in [1.165, 1.54) is 21.3 Å². The van der Waals surface area contributed by atoms with E-state index in [2.05, 4.69) is 10.9 Å². The monoisotopic (exact) mass is 180 g/mol. The van der Waals surface area contributed by atoms with Crippen LogP contribution in [0.1, 0.15) is 0 Å². The van der Waals surface area contributed by atoms with Gasteiger partial charge >= 0.3 is 8.80 Å². The molecule has 0 rings (SSSR count). The molecule has 10 heavy (non-hydrogen) atoms. The second-order valence-electron chi connectivity index (χ2n) is 1.39. The second-order valence-corrected chi connectivity index (χ2v) is 4.16. The Morgan fingerprint density at radius 3 is 1.60 bits per heavy atom. The van der Waals surface area contributed by atoms with Gasteiger partial charge in [-0.3, -0.25) is 0 Å². The molecule has 0 aliphatic heterocycles. The molecule has 0 fully saturated rings. The standard InChI is InChI=1S/C5H9ClO3Si/c1-7-10(8-2,9-3)5-4-6/h1-3H3. The molecule has 0 heterocycles. The van der Waals surface area contributed by atoms with Gasteiger partial charge in [0.05, 0.1) is 0 Å². The average Bonchev–Trinajstić information content (AvgIpc) is 2.01. The van der Waals surface area contributed by atoms with E-state index in [1.54, 1.807) is 0 Å². The fourth-order valence-electron chi connectivity index (χ4n) is 0.461. The highest BCUT2D eigenvalue weighted by atomic mass is 35.5. The smallest absolute Gasteiger partial charge is 0.367 e. The van der Waals surface area contributed by atoms with Crippen LogP contribution in [-0.2, 0) is 13.3 Å². The largest absolute Gasteiger partial charge is 0.591 e. The van der Waals surface area contributed by atoms with Crippen molar-refractivity contribution in [3.63, 3.8) is 0 Å². The van der Waals surface area contributed by atoms with Gasteiger partial charge in [-0.25, -0.2) is 0 Å². The van der Waals surface area contributed by atoms with Crippen LogP contribution in [0, 0.1) is 10.9 Å². The van der Waals surface area contributed by atoms with Crippen molar-refractivity contribution in [2.75, 3.05) is 21.3 Å². The van der Waals surface area contributed by atoms with Crippen LogP contribution >= 0.6 is 11.6 Å². The maximum Gasteiger partial charge on any atom is 0.591 e. The molecule has 0 saturated heterocycles. The molecule has 0 atom stereocenters. The van der Waals surface area contributed by atoms with E-state index in [1.807, 2.05) is 0 Å². The van der Waals surface area contributed by atoms with Gasteiger partial charge in [0.2, 0.25) is 0 Å². The van der Waals surface area contributed by atoms with E-state index in [4.69, 9.17) is 24.9 Å². The summed E-state index contributed by atoms with van der Waals surface area (Å²) in [6.07, 6.45) is 0. The zero-order valence-electron chi connectivity index (χ0n) is 6.10. The molecule has 0 aromatic heterocycles. The molecule has 58 valence electrons. The predicted molar refractivity (Wildman–Crippen MR) is 40.4 cm³/mol. The van der Waals surface area contributed by atoms with Crippen molar-refractivity contribution in [2.24, 2.45) is 0 Å². The van der Waals surface area contributed by atoms with Crippen LogP contribution in [0.5, 0.6) is 0 Å². The first-order chi connectivity index (χ1) is 4.74. The third kappa shape index (κ3) is 2.29. The topological polar surface area (TPSA) is 27.7 Å². The molecule has 5 heteroatoms. The van der Waals surface area contributed by atoms with Gasteiger partial charge in [0.1, 0.15) is 0 Å². The lowest BCUT2D eigenvalue weighted by atomic mass is 11.4. The molecule has 0 saturated carbocycles. The first kappa shape index (κ1) is 9.95. The highest BCUT2D eigenvalue weighted by Gasteiger charge is 2.36. The summed E-state index contributed by atoms with van der Waals surface area (Å²) in [6, 6.07) is 0. The Balaban J connectivity index is 4.25. The van der Waals surface area contributed by atoms with Gasteiger partial charge < -0.3 is 13.3 Å². The molecule has 0 bridgehead atoms. The Kier molecular flexibility index (Phi) is 4.69. The first-order valence-electron chi connectivity index (χ1n) is 2.53. The number of hydrogen-bond acceptors (Lipinski definition) is 3. The lowest BCUT2D eigenvalue weighted by Gasteiger charge is -2.16. The van der Waals surface area contributed by atoms with E-state index in [0.717, 1.165) is 0 Å². The zero-order valence-corrected chi connectivity index (χ0v) is 7.86. The fourth-order valence-corrected chi connectivity index (χ4v) is 1.73. The average molecular weight is 181 g/mol. The third-order valence-electron chi connectivity index (χ3n) is 1.01. The summed E-state index contributed by atoms with van der Waals surface area (Å²) in [5.41, 5.74) is 2.53. The van der Waals surface area contributed by atoms with Crippen molar-refractivity contribution < 1.29 is 13.3 Å². The molecular weight excluding hydrogens is 172 g/mol. The first-order valence-corrected chi connectivity index (χ1v) is 4.63. The number of hydrogen-bond donors (Lipinski definition) is 0. The van der Waals surface area contributed by atoms with Gasteiger partial charge in [-0.05, 0) is 17.1 Å². The van der Waals surface area contributed by atoms with Crippen molar-refractivity contribution in [2.45, 2.75) is 0 Å². The van der Waals surface area contributed by atoms with Crippen LogP contribution in [0.4, 0.5) is 0 Å².